The Kier molecular flexibility index (Phi) is 5.96. The topological polar surface area (TPSA) is 96.5 Å². The molecule has 26 heavy (non-hydrogen) atoms. The molecule has 1 aliphatic heterocycles. The van der Waals surface area contributed by atoms with Crippen molar-refractivity contribution in [3.05, 3.63) is 42.5 Å². The van der Waals surface area contributed by atoms with Gasteiger partial charge < -0.3 is 15.0 Å². The number of rotatable bonds is 7. The van der Waals surface area contributed by atoms with E-state index in [0.29, 0.717) is 25.6 Å². The molecule has 2 heterocycles. The van der Waals surface area contributed by atoms with Crippen molar-refractivity contribution in [2.24, 2.45) is 0 Å². The molecule has 1 saturated heterocycles. The zero-order chi connectivity index (χ0) is 18.4. The van der Waals surface area contributed by atoms with Crippen LogP contribution in [-0.4, -0.2) is 57.8 Å². The second kappa shape index (κ2) is 8.39. The maximum atomic E-state index is 12.9. The van der Waals surface area contributed by atoms with E-state index >= 15 is 0 Å². The van der Waals surface area contributed by atoms with Gasteiger partial charge in [0.15, 0.2) is 0 Å². The Labute approximate surface area is 151 Å². The highest BCUT2D eigenvalue weighted by atomic mass is 32.2. The summed E-state index contributed by atoms with van der Waals surface area (Å²) in [6.45, 7) is 3.38. The monoisotopic (exact) mass is 381 g/mol. The Morgan fingerprint density at radius 3 is 2.58 bits per heavy atom. The Bertz CT molecular complexity index is 826. The number of benzene rings is 1. The quantitative estimate of drug-likeness (QED) is 0.686. The predicted molar refractivity (Wildman–Crippen MR) is 95.1 cm³/mol. The first kappa shape index (κ1) is 18.5. The number of nitrogens with one attached hydrogen (secondary N) is 2. The summed E-state index contributed by atoms with van der Waals surface area (Å²) in [7, 11) is -3.67. The van der Waals surface area contributed by atoms with Gasteiger partial charge in [-0.1, -0.05) is 0 Å². The van der Waals surface area contributed by atoms with E-state index < -0.39 is 15.8 Å². The van der Waals surface area contributed by atoms with Crippen LogP contribution in [0.25, 0.3) is 0 Å². The molecular weight excluding hydrogens is 361 g/mol. The summed E-state index contributed by atoms with van der Waals surface area (Å²) in [6.07, 6.45) is 1.47. The van der Waals surface area contributed by atoms with Crippen LogP contribution in [-0.2, 0) is 14.8 Å². The number of anilines is 2. The fourth-order valence-corrected chi connectivity index (χ4v) is 3.51. The van der Waals surface area contributed by atoms with Crippen LogP contribution in [0.5, 0.6) is 0 Å². The normalized spacial score (nSPS) is 15.0. The fraction of sp³-hybridized carbons (Fsp3) is 0.375. The van der Waals surface area contributed by atoms with E-state index in [-0.39, 0.29) is 11.4 Å². The van der Waals surface area contributed by atoms with E-state index in [1.54, 1.807) is 0 Å². The standard InChI is InChI=1S/C16H20FN5O3S/c17-13-1-3-14(4-2-13)26(23,24)21-6-5-18-15-11-16(20-12-19-15)22-7-9-25-10-8-22/h1-4,11-12,21H,5-10H2,(H,18,19,20). The molecular formula is C16H20FN5O3S. The van der Waals surface area contributed by atoms with Crippen LogP contribution in [0.1, 0.15) is 0 Å². The molecule has 8 nitrogen and oxygen atoms in total. The maximum absolute atomic E-state index is 12.9. The van der Waals surface area contributed by atoms with Crippen molar-refractivity contribution in [3.63, 3.8) is 0 Å². The van der Waals surface area contributed by atoms with E-state index in [4.69, 9.17) is 4.74 Å². The second-order valence-corrected chi connectivity index (χ2v) is 7.41. The molecule has 1 aliphatic rings. The lowest BCUT2D eigenvalue weighted by Gasteiger charge is -2.27. The van der Waals surface area contributed by atoms with Crippen molar-refractivity contribution in [2.45, 2.75) is 4.90 Å². The lowest BCUT2D eigenvalue weighted by atomic mass is 10.4. The molecule has 0 amide bonds. The van der Waals surface area contributed by atoms with Crippen LogP contribution in [0, 0.1) is 5.82 Å². The number of morpholine rings is 1. The van der Waals surface area contributed by atoms with E-state index in [9.17, 15) is 12.8 Å². The third-order valence-corrected chi connectivity index (χ3v) is 5.31. The van der Waals surface area contributed by atoms with Gasteiger partial charge in [-0.15, -0.1) is 0 Å². The molecule has 1 aromatic carbocycles. The van der Waals surface area contributed by atoms with Crippen molar-refractivity contribution in [1.82, 2.24) is 14.7 Å². The molecule has 140 valence electrons. The smallest absolute Gasteiger partial charge is 0.240 e. The summed E-state index contributed by atoms with van der Waals surface area (Å²) in [5.41, 5.74) is 0. The molecule has 0 saturated carbocycles. The number of hydrogen-bond donors (Lipinski definition) is 2. The summed E-state index contributed by atoms with van der Waals surface area (Å²) < 4.78 is 44.9. The van der Waals surface area contributed by atoms with Crippen LogP contribution in [0.4, 0.5) is 16.0 Å². The Morgan fingerprint density at radius 1 is 1.12 bits per heavy atom. The Hall–Kier alpha value is -2.30. The minimum atomic E-state index is -3.67. The van der Waals surface area contributed by atoms with E-state index in [0.717, 1.165) is 31.0 Å². The van der Waals surface area contributed by atoms with Gasteiger partial charge >= 0.3 is 0 Å². The summed E-state index contributed by atoms with van der Waals surface area (Å²) in [5.74, 6) is 0.936. The van der Waals surface area contributed by atoms with Crippen LogP contribution in [0.2, 0.25) is 0 Å². The van der Waals surface area contributed by atoms with E-state index in [2.05, 4.69) is 24.9 Å². The molecule has 0 atom stereocenters. The largest absolute Gasteiger partial charge is 0.378 e. The first-order valence-electron chi connectivity index (χ1n) is 8.18. The third-order valence-electron chi connectivity index (χ3n) is 3.83. The van der Waals surface area contributed by atoms with Crippen LogP contribution in [0.15, 0.2) is 41.6 Å². The van der Waals surface area contributed by atoms with Gasteiger partial charge in [-0.25, -0.2) is 27.5 Å². The Morgan fingerprint density at radius 2 is 1.85 bits per heavy atom. The van der Waals surface area contributed by atoms with Crippen molar-refractivity contribution < 1.29 is 17.5 Å². The van der Waals surface area contributed by atoms with Gasteiger partial charge in [0, 0.05) is 32.2 Å². The molecule has 1 aromatic heterocycles. The number of halogens is 1. The molecule has 2 N–H and O–H groups in total. The lowest BCUT2D eigenvalue weighted by molar-refractivity contribution is 0.122. The fourth-order valence-electron chi connectivity index (χ4n) is 2.48. The number of ether oxygens (including phenoxy) is 1. The molecule has 1 fully saturated rings. The van der Waals surface area contributed by atoms with Gasteiger partial charge in [-0.05, 0) is 24.3 Å². The molecule has 3 rings (SSSR count). The minimum Gasteiger partial charge on any atom is -0.378 e. The summed E-state index contributed by atoms with van der Waals surface area (Å²) in [5, 5.41) is 3.06. The highest BCUT2D eigenvalue weighted by Crippen LogP contribution is 2.15. The van der Waals surface area contributed by atoms with Gasteiger partial charge in [0.1, 0.15) is 23.8 Å². The third kappa shape index (κ3) is 4.87. The van der Waals surface area contributed by atoms with Gasteiger partial charge in [-0.2, -0.15) is 0 Å². The van der Waals surface area contributed by atoms with E-state index in [1.165, 1.54) is 18.5 Å². The van der Waals surface area contributed by atoms with Gasteiger partial charge in [0.05, 0.1) is 18.1 Å². The predicted octanol–water partition coefficient (Wildman–Crippen LogP) is 0.843. The highest BCUT2D eigenvalue weighted by molar-refractivity contribution is 7.89. The molecule has 0 bridgehead atoms. The van der Waals surface area contributed by atoms with Crippen molar-refractivity contribution in [3.8, 4) is 0 Å². The van der Waals surface area contributed by atoms with Gasteiger partial charge in [0.2, 0.25) is 10.0 Å². The van der Waals surface area contributed by atoms with Crippen molar-refractivity contribution in [2.75, 3.05) is 49.6 Å². The Balaban J connectivity index is 1.51. The van der Waals surface area contributed by atoms with Crippen LogP contribution < -0.4 is 14.9 Å². The average Bonchev–Trinajstić information content (AvgIpc) is 2.67. The maximum Gasteiger partial charge on any atom is 0.240 e. The summed E-state index contributed by atoms with van der Waals surface area (Å²) in [4.78, 5) is 10.5. The van der Waals surface area contributed by atoms with Gasteiger partial charge in [-0.3, -0.25) is 0 Å². The number of aromatic nitrogens is 2. The van der Waals surface area contributed by atoms with Crippen LogP contribution in [0.3, 0.4) is 0 Å². The summed E-state index contributed by atoms with van der Waals surface area (Å²) >= 11 is 0. The number of sulfonamides is 1. The molecule has 0 aliphatic carbocycles. The average molecular weight is 381 g/mol. The summed E-state index contributed by atoms with van der Waals surface area (Å²) in [6, 6.07) is 6.50. The molecule has 0 radical (unpaired) electrons. The SMILES string of the molecule is O=S(=O)(NCCNc1cc(N2CCOCC2)ncn1)c1ccc(F)cc1. The van der Waals surface area contributed by atoms with Gasteiger partial charge in [0.25, 0.3) is 0 Å². The van der Waals surface area contributed by atoms with Crippen molar-refractivity contribution in [1.29, 1.82) is 0 Å². The molecule has 10 heteroatoms. The highest BCUT2D eigenvalue weighted by Gasteiger charge is 2.14. The van der Waals surface area contributed by atoms with Crippen LogP contribution >= 0.6 is 0 Å². The molecule has 0 unspecified atom stereocenters. The second-order valence-electron chi connectivity index (χ2n) is 5.64. The first-order valence-corrected chi connectivity index (χ1v) is 9.67. The first-order chi connectivity index (χ1) is 12.5. The zero-order valence-electron chi connectivity index (χ0n) is 14.1. The zero-order valence-corrected chi connectivity index (χ0v) is 14.9. The van der Waals surface area contributed by atoms with E-state index in [1.807, 2.05) is 6.07 Å². The lowest BCUT2D eigenvalue weighted by Crippen LogP contribution is -2.36. The molecule has 2 aromatic rings. The van der Waals surface area contributed by atoms with Crippen molar-refractivity contribution >= 4 is 21.7 Å². The minimum absolute atomic E-state index is 0.0236. The number of hydrogen-bond acceptors (Lipinski definition) is 7. The molecule has 0 spiro atoms. The number of nitrogens with zero attached hydrogens (tertiary/aromatic N) is 3.